The van der Waals surface area contributed by atoms with Crippen LogP contribution in [0, 0.1) is 19.8 Å². The zero-order chi connectivity index (χ0) is 19.0. The van der Waals surface area contributed by atoms with Gasteiger partial charge in [0.1, 0.15) is 0 Å². The molecule has 4 rings (SSSR count). The number of nitrogens with zero attached hydrogens (tertiary/aromatic N) is 4. The van der Waals surface area contributed by atoms with Crippen LogP contribution >= 0.6 is 0 Å². The predicted octanol–water partition coefficient (Wildman–Crippen LogP) is 1.73. The van der Waals surface area contributed by atoms with Gasteiger partial charge in [0.25, 0.3) is 11.7 Å². The van der Waals surface area contributed by atoms with Crippen molar-refractivity contribution in [3.05, 3.63) is 47.0 Å². The quantitative estimate of drug-likeness (QED) is 0.755. The Morgan fingerprint density at radius 3 is 3.04 bits per heavy atom. The Labute approximate surface area is 156 Å². The summed E-state index contributed by atoms with van der Waals surface area (Å²) in [5, 5.41) is 11.0. The molecule has 8 nitrogen and oxygen atoms in total. The Morgan fingerprint density at radius 1 is 1.37 bits per heavy atom. The van der Waals surface area contributed by atoms with E-state index in [0.717, 1.165) is 34.9 Å². The molecule has 1 amide bonds. The van der Waals surface area contributed by atoms with E-state index in [2.05, 4.69) is 20.5 Å². The molecule has 27 heavy (non-hydrogen) atoms. The van der Waals surface area contributed by atoms with E-state index in [9.17, 15) is 4.79 Å². The smallest absolute Gasteiger partial charge is 0.289 e. The SMILES string of the molecule is COc1cccc2c1OC[C@H](CNC(=O)c1nnc3nc(C)cc(C)n13)C2. The number of hydrogen-bond donors (Lipinski definition) is 1. The van der Waals surface area contributed by atoms with Crippen molar-refractivity contribution in [2.75, 3.05) is 20.3 Å². The Kier molecular flexibility index (Phi) is 4.39. The third kappa shape index (κ3) is 3.18. The maximum Gasteiger partial charge on any atom is 0.289 e. The summed E-state index contributed by atoms with van der Waals surface area (Å²) in [5.41, 5.74) is 2.80. The van der Waals surface area contributed by atoms with Crippen molar-refractivity contribution >= 4 is 11.7 Å². The summed E-state index contributed by atoms with van der Waals surface area (Å²) in [5.74, 6) is 2.11. The lowest BCUT2D eigenvalue weighted by Gasteiger charge is -2.26. The van der Waals surface area contributed by atoms with Crippen molar-refractivity contribution in [3.8, 4) is 11.5 Å². The van der Waals surface area contributed by atoms with Crippen LogP contribution in [0.3, 0.4) is 0 Å². The second-order valence-electron chi connectivity index (χ2n) is 6.74. The monoisotopic (exact) mass is 367 g/mol. The van der Waals surface area contributed by atoms with E-state index in [1.807, 2.05) is 38.1 Å². The third-order valence-corrected chi connectivity index (χ3v) is 4.70. The molecule has 3 aromatic rings. The molecule has 0 spiro atoms. The van der Waals surface area contributed by atoms with Gasteiger partial charge in [-0.3, -0.25) is 9.20 Å². The number of ether oxygens (including phenoxy) is 2. The van der Waals surface area contributed by atoms with Gasteiger partial charge in [-0.15, -0.1) is 10.2 Å². The van der Waals surface area contributed by atoms with E-state index in [1.54, 1.807) is 11.5 Å². The van der Waals surface area contributed by atoms with E-state index in [1.165, 1.54) is 0 Å². The molecule has 0 saturated heterocycles. The van der Waals surface area contributed by atoms with Crippen molar-refractivity contribution in [2.45, 2.75) is 20.3 Å². The van der Waals surface area contributed by atoms with E-state index in [0.29, 0.717) is 18.9 Å². The second kappa shape index (κ2) is 6.86. The number of aromatic nitrogens is 4. The molecular weight excluding hydrogens is 346 g/mol. The fourth-order valence-corrected chi connectivity index (χ4v) is 3.44. The minimum atomic E-state index is -0.271. The lowest BCUT2D eigenvalue weighted by Crippen LogP contribution is -2.35. The summed E-state index contributed by atoms with van der Waals surface area (Å²) in [6.45, 7) is 4.80. The van der Waals surface area contributed by atoms with Gasteiger partial charge in [-0.05, 0) is 38.0 Å². The molecule has 0 radical (unpaired) electrons. The number of benzene rings is 1. The Balaban J connectivity index is 1.46. The molecule has 140 valence electrons. The average molecular weight is 367 g/mol. The van der Waals surface area contributed by atoms with Gasteiger partial charge in [0, 0.05) is 23.9 Å². The summed E-state index contributed by atoms with van der Waals surface area (Å²) in [7, 11) is 1.63. The fourth-order valence-electron chi connectivity index (χ4n) is 3.44. The van der Waals surface area contributed by atoms with Crippen molar-refractivity contribution in [1.82, 2.24) is 24.9 Å². The van der Waals surface area contributed by atoms with Crippen LogP contribution in [0.25, 0.3) is 5.78 Å². The van der Waals surface area contributed by atoms with Gasteiger partial charge in [-0.1, -0.05) is 12.1 Å². The van der Waals surface area contributed by atoms with Crippen LogP contribution in [-0.4, -0.2) is 45.8 Å². The van der Waals surface area contributed by atoms with Gasteiger partial charge in [-0.2, -0.15) is 0 Å². The number of para-hydroxylation sites is 1. The number of fused-ring (bicyclic) bond motifs is 2. The highest BCUT2D eigenvalue weighted by atomic mass is 16.5. The number of nitrogens with one attached hydrogen (secondary N) is 1. The minimum Gasteiger partial charge on any atom is -0.493 e. The molecular formula is C19H21N5O3. The summed E-state index contributed by atoms with van der Waals surface area (Å²) >= 11 is 0. The van der Waals surface area contributed by atoms with Crippen LogP contribution < -0.4 is 14.8 Å². The third-order valence-electron chi connectivity index (χ3n) is 4.70. The Bertz CT molecular complexity index is 1010. The van der Waals surface area contributed by atoms with Crippen LogP contribution in [0.15, 0.2) is 24.3 Å². The number of rotatable bonds is 4. The molecule has 1 aromatic carbocycles. The molecule has 0 unspecified atom stereocenters. The molecule has 0 aliphatic carbocycles. The molecule has 0 bridgehead atoms. The van der Waals surface area contributed by atoms with Crippen LogP contribution in [0.2, 0.25) is 0 Å². The number of aryl methyl sites for hydroxylation is 2. The lowest BCUT2D eigenvalue weighted by atomic mass is 9.96. The molecule has 1 aliphatic rings. The standard InChI is InChI=1S/C19H21N5O3/c1-11-7-12(2)24-17(22-23-19(24)21-11)18(25)20-9-13-8-14-5-4-6-15(26-3)16(14)27-10-13/h4-7,13H,8-10H2,1-3H3,(H,20,25)/t13-/m0/s1. The molecule has 3 heterocycles. The maximum atomic E-state index is 12.6. The topological polar surface area (TPSA) is 90.6 Å². The zero-order valence-corrected chi connectivity index (χ0v) is 15.5. The minimum absolute atomic E-state index is 0.175. The van der Waals surface area contributed by atoms with Crippen molar-refractivity contribution in [1.29, 1.82) is 0 Å². The number of amides is 1. The molecule has 1 N–H and O–H groups in total. The van der Waals surface area contributed by atoms with E-state index < -0.39 is 0 Å². The first-order chi connectivity index (χ1) is 13.1. The summed E-state index contributed by atoms with van der Waals surface area (Å²) in [6.07, 6.45) is 0.813. The summed E-state index contributed by atoms with van der Waals surface area (Å²) in [4.78, 5) is 16.9. The second-order valence-corrected chi connectivity index (χ2v) is 6.74. The number of carbonyl (C=O) groups excluding carboxylic acids is 1. The first-order valence-corrected chi connectivity index (χ1v) is 8.83. The van der Waals surface area contributed by atoms with Gasteiger partial charge in [0.2, 0.25) is 5.82 Å². The maximum absolute atomic E-state index is 12.6. The van der Waals surface area contributed by atoms with Gasteiger partial charge >= 0.3 is 0 Å². The van der Waals surface area contributed by atoms with Gasteiger partial charge in [0.15, 0.2) is 11.5 Å². The Hall–Kier alpha value is -3.16. The highest BCUT2D eigenvalue weighted by Gasteiger charge is 2.24. The number of carbonyl (C=O) groups is 1. The lowest BCUT2D eigenvalue weighted by molar-refractivity contribution is 0.0926. The van der Waals surface area contributed by atoms with Gasteiger partial charge < -0.3 is 14.8 Å². The summed E-state index contributed by atoms with van der Waals surface area (Å²) in [6, 6.07) is 7.75. The number of methoxy groups -OCH3 is 1. The Morgan fingerprint density at radius 2 is 2.22 bits per heavy atom. The van der Waals surface area contributed by atoms with E-state index in [4.69, 9.17) is 9.47 Å². The first-order valence-electron chi connectivity index (χ1n) is 8.83. The number of hydrogen-bond acceptors (Lipinski definition) is 6. The van der Waals surface area contributed by atoms with Crippen LogP contribution in [-0.2, 0) is 6.42 Å². The van der Waals surface area contributed by atoms with Crippen molar-refractivity contribution in [2.24, 2.45) is 5.92 Å². The largest absolute Gasteiger partial charge is 0.493 e. The van der Waals surface area contributed by atoms with Crippen LogP contribution in [0.4, 0.5) is 0 Å². The zero-order valence-electron chi connectivity index (χ0n) is 15.5. The van der Waals surface area contributed by atoms with Crippen molar-refractivity contribution < 1.29 is 14.3 Å². The fraction of sp³-hybridized carbons (Fsp3) is 0.368. The molecule has 1 aliphatic heterocycles. The normalized spacial score (nSPS) is 15.9. The van der Waals surface area contributed by atoms with Crippen LogP contribution in [0.5, 0.6) is 11.5 Å². The van der Waals surface area contributed by atoms with E-state index >= 15 is 0 Å². The highest BCUT2D eigenvalue weighted by molar-refractivity contribution is 5.91. The van der Waals surface area contributed by atoms with E-state index in [-0.39, 0.29) is 17.6 Å². The predicted molar refractivity (Wildman–Crippen MR) is 98.3 cm³/mol. The molecule has 0 fully saturated rings. The van der Waals surface area contributed by atoms with Crippen molar-refractivity contribution in [3.63, 3.8) is 0 Å². The summed E-state index contributed by atoms with van der Waals surface area (Å²) < 4.78 is 12.9. The van der Waals surface area contributed by atoms with Gasteiger partial charge in [0.05, 0.1) is 13.7 Å². The molecule has 1 atom stereocenters. The molecule has 0 saturated carbocycles. The first kappa shape index (κ1) is 17.3. The van der Waals surface area contributed by atoms with Gasteiger partial charge in [-0.25, -0.2) is 4.98 Å². The molecule has 8 heteroatoms. The average Bonchev–Trinajstić information content (AvgIpc) is 3.09. The van der Waals surface area contributed by atoms with Crippen LogP contribution in [0.1, 0.15) is 27.6 Å². The molecule has 2 aromatic heterocycles. The highest BCUT2D eigenvalue weighted by Crippen LogP contribution is 2.35.